The molecule has 1 atom stereocenters. The van der Waals surface area contributed by atoms with E-state index in [-0.39, 0.29) is 19.4 Å². The van der Waals surface area contributed by atoms with Gasteiger partial charge in [-0.25, -0.2) is 9.18 Å². The number of alkyl halides is 1. The Morgan fingerprint density at radius 3 is 2.38 bits per heavy atom. The molecule has 1 rings (SSSR count). The lowest BCUT2D eigenvalue weighted by atomic mass is 10.0. The van der Waals surface area contributed by atoms with Crippen molar-refractivity contribution in [3.63, 3.8) is 0 Å². The SMILES string of the molecule is CCOC(=O)C(F)(C1CCCC1)S(=O)(=O)O. The Morgan fingerprint density at radius 2 is 2.00 bits per heavy atom. The highest BCUT2D eigenvalue weighted by molar-refractivity contribution is 7.87. The van der Waals surface area contributed by atoms with Crippen molar-refractivity contribution >= 4 is 16.1 Å². The van der Waals surface area contributed by atoms with Crippen molar-refractivity contribution in [3.8, 4) is 0 Å². The van der Waals surface area contributed by atoms with E-state index >= 15 is 0 Å². The van der Waals surface area contributed by atoms with Crippen molar-refractivity contribution in [1.82, 2.24) is 0 Å². The second-order valence-electron chi connectivity index (χ2n) is 3.82. The average Bonchev–Trinajstić information content (AvgIpc) is 2.67. The molecular weight excluding hydrogens is 239 g/mol. The molecule has 0 bridgehead atoms. The Hall–Kier alpha value is -0.690. The molecule has 7 heteroatoms. The van der Waals surface area contributed by atoms with Gasteiger partial charge in [-0.1, -0.05) is 12.8 Å². The van der Waals surface area contributed by atoms with E-state index in [9.17, 15) is 17.6 Å². The first-order valence-electron chi connectivity index (χ1n) is 5.17. The molecule has 16 heavy (non-hydrogen) atoms. The van der Waals surface area contributed by atoms with E-state index in [0.717, 1.165) is 0 Å². The summed E-state index contributed by atoms with van der Waals surface area (Å²) in [5.74, 6) is -2.52. The van der Waals surface area contributed by atoms with E-state index in [4.69, 9.17) is 4.55 Å². The Labute approximate surface area is 93.7 Å². The summed E-state index contributed by atoms with van der Waals surface area (Å²) in [4.78, 5) is 11.4. The largest absolute Gasteiger partial charge is 0.463 e. The minimum Gasteiger partial charge on any atom is -0.463 e. The Balaban J connectivity index is 3.06. The maximum absolute atomic E-state index is 14.3. The van der Waals surface area contributed by atoms with Crippen LogP contribution in [0.5, 0.6) is 0 Å². The number of esters is 1. The van der Waals surface area contributed by atoms with Crippen LogP contribution in [-0.2, 0) is 19.6 Å². The molecule has 0 radical (unpaired) electrons. The molecule has 1 aliphatic carbocycles. The standard InChI is InChI=1S/C9H15FO5S/c1-2-15-8(11)9(10,16(12,13)14)7-5-3-4-6-7/h7H,2-6H2,1H3,(H,12,13,14). The molecule has 1 N–H and O–H groups in total. The molecule has 0 heterocycles. The van der Waals surface area contributed by atoms with E-state index in [0.29, 0.717) is 12.8 Å². The first-order valence-corrected chi connectivity index (χ1v) is 6.61. The van der Waals surface area contributed by atoms with Crippen LogP contribution in [0.15, 0.2) is 0 Å². The first-order chi connectivity index (χ1) is 7.34. The maximum Gasteiger partial charge on any atom is 0.362 e. The second-order valence-corrected chi connectivity index (χ2v) is 5.37. The van der Waals surface area contributed by atoms with Gasteiger partial charge in [-0.15, -0.1) is 0 Å². The van der Waals surface area contributed by atoms with Gasteiger partial charge in [-0.3, -0.25) is 4.55 Å². The highest BCUT2D eigenvalue weighted by Gasteiger charge is 2.59. The summed E-state index contributed by atoms with van der Waals surface area (Å²) in [7, 11) is -5.11. The third kappa shape index (κ3) is 2.20. The molecule has 1 fully saturated rings. The van der Waals surface area contributed by atoms with Gasteiger partial charge in [0.15, 0.2) is 0 Å². The minimum atomic E-state index is -5.11. The monoisotopic (exact) mass is 254 g/mol. The van der Waals surface area contributed by atoms with Gasteiger partial charge in [-0.05, 0) is 19.8 Å². The third-order valence-corrected chi connectivity index (χ3v) is 4.06. The third-order valence-electron chi connectivity index (χ3n) is 2.81. The molecule has 0 aromatic carbocycles. The van der Waals surface area contributed by atoms with Crippen molar-refractivity contribution in [2.45, 2.75) is 37.6 Å². The molecule has 1 unspecified atom stereocenters. The summed E-state index contributed by atoms with van der Waals surface area (Å²) in [6, 6.07) is 0. The van der Waals surface area contributed by atoms with E-state index < -0.39 is 27.0 Å². The predicted molar refractivity (Wildman–Crippen MR) is 54.0 cm³/mol. The van der Waals surface area contributed by atoms with E-state index in [2.05, 4.69) is 4.74 Å². The smallest absolute Gasteiger partial charge is 0.362 e. The molecule has 0 aromatic heterocycles. The first kappa shape index (κ1) is 13.4. The number of carbonyl (C=O) groups excluding carboxylic acids is 1. The normalized spacial score (nSPS) is 21.7. The highest BCUT2D eigenvalue weighted by Crippen LogP contribution is 2.40. The fraction of sp³-hybridized carbons (Fsp3) is 0.889. The number of rotatable bonds is 4. The zero-order chi connectivity index (χ0) is 12.4. The summed E-state index contributed by atoms with van der Waals surface area (Å²) in [6.45, 7) is 1.31. The fourth-order valence-electron chi connectivity index (χ4n) is 2.01. The van der Waals surface area contributed by atoms with Gasteiger partial charge in [0.25, 0.3) is 0 Å². The van der Waals surface area contributed by atoms with E-state index in [1.807, 2.05) is 0 Å². The molecule has 0 spiro atoms. The quantitative estimate of drug-likeness (QED) is 0.604. The molecule has 0 aliphatic heterocycles. The topological polar surface area (TPSA) is 80.7 Å². The second kappa shape index (κ2) is 4.67. The molecule has 1 saturated carbocycles. The molecule has 94 valence electrons. The van der Waals surface area contributed by atoms with Crippen LogP contribution in [-0.4, -0.2) is 30.5 Å². The lowest BCUT2D eigenvalue weighted by Crippen LogP contribution is -2.48. The molecule has 1 aliphatic rings. The van der Waals surface area contributed by atoms with Crippen LogP contribution in [0, 0.1) is 5.92 Å². The van der Waals surface area contributed by atoms with Crippen molar-refractivity contribution in [2.24, 2.45) is 5.92 Å². The van der Waals surface area contributed by atoms with Gasteiger partial charge in [0.1, 0.15) is 0 Å². The molecule has 0 aromatic rings. The van der Waals surface area contributed by atoms with Crippen molar-refractivity contribution in [2.75, 3.05) is 6.61 Å². The number of ether oxygens (including phenoxy) is 1. The number of halogens is 1. The number of hydrogen-bond acceptors (Lipinski definition) is 4. The van der Waals surface area contributed by atoms with Crippen LogP contribution >= 0.6 is 0 Å². The van der Waals surface area contributed by atoms with Crippen LogP contribution in [0.2, 0.25) is 0 Å². The highest BCUT2D eigenvalue weighted by atomic mass is 32.2. The molecule has 0 amide bonds. The Morgan fingerprint density at radius 1 is 1.50 bits per heavy atom. The van der Waals surface area contributed by atoms with Gasteiger partial charge >= 0.3 is 21.1 Å². The van der Waals surface area contributed by atoms with Crippen LogP contribution in [0.1, 0.15) is 32.6 Å². The van der Waals surface area contributed by atoms with Crippen molar-refractivity contribution in [1.29, 1.82) is 0 Å². The number of carbonyl (C=O) groups is 1. The van der Waals surface area contributed by atoms with E-state index in [1.165, 1.54) is 6.92 Å². The summed E-state index contributed by atoms with van der Waals surface area (Å²) in [6.07, 6.45) is 1.81. The van der Waals surface area contributed by atoms with Crippen molar-refractivity contribution in [3.05, 3.63) is 0 Å². The Kier molecular flexibility index (Phi) is 3.90. The summed E-state index contributed by atoms with van der Waals surface area (Å²) in [5.41, 5.74) is 0. The van der Waals surface area contributed by atoms with Gasteiger partial charge in [0.05, 0.1) is 6.61 Å². The van der Waals surface area contributed by atoms with Crippen LogP contribution < -0.4 is 0 Å². The maximum atomic E-state index is 14.3. The summed E-state index contributed by atoms with van der Waals surface area (Å²) < 4.78 is 49.6. The van der Waals surface area contributed by atoms with Crippen LogP contribution in [0.25, 0.3) is 0 Å². The predicted octanol–water partition coefficient (Wildman–Crippen LogP) is 1.29. The fourth-order valence-corrected chi connectivity index (χ4v) is 2.94. The zero-order valence-electron chi connectivity index (χ0n) is 8.98. The summed E-state index contributed by atoms with van der Waals surface area (Å²) >= 11 is 0. The summed E-state index contributed by atoms with van der Waals surface area (Å²) in [5, 5.41) is -3.31. The van der Waals surface area contributed by atoms with Gasteiger partial charge < -0.3 is 4.74 Å². The van der Waals surface area contributed by atoms with Crippen LogP contribution in [0.3, 0.4) is 0 Å². The minimum absolute atomic E-state index is 0.132. The number of hydrogen-bond donors (Lipinski definition) is 1. The van der Waals surface area contributed by atoms with Gasteiger partial charge in [0, 0.05) is 5.92 Å². The van der Waals surface area contributed by atoms with Gasteiger partial charge in [-0.2, -0.15) is 8.42 Å². The molecular formula is C9H15FO5S. The molecule has 5 nitrogen and oxygen atoms in total. The lowest BCUT2D eigenvalue weighted by Gasteiger charge is -2.25. The van der Waals surface area contributed by atoms with E-state index in [1.54, 1.807) is 0 Å². The van der Waals surface area contributed by atoms with Gasteiger partial charge in [0.2, 0.25) is 0 Å². The zero-order valence-corrected chi connectivity index (χ0v) is 9.80. The van der Waals surface area contributed by atoms with Crippen LogP contribution in [0.4, 0.5) is 4.39 Å². The molecule has 0 saturated heterocycles. The Bertz CT molecular complexity index is 360. The average molecular weight is 254 g/mol. The van der Waals surface area contributed by atoms with Crippen molar-refractivity contribution < 1.29 is 26.9 Å². The lowest BCUT2D eigenvalue weighted by molar-refractivity contribution is -0.154.